The molecule has 4 heteroatoms. The van der Waals surface area contributed by atoms with Gasteiger partial charge >= 0.3 is 0 Å². The molecular weight excluding hydrogens is 266 g/mol. The van der Waals surface area contributed by atoms with Crippen molar-refractivity contribution in [1.29, 1.82) is 0 Å². The number of carbonyl (C=O) groups excluding carboxylic acids is 1. The van der Waals surface area contributed by atoms with Gasteiger partial charge in [0.15, 0.2) is 6.10 Å². The van der Waals surface area contributed by atoms with Crippen LogP contribution >= 0.6 is 0 Å². The highest BCUT2D eigenvalue weighted by molar-refractivity contribution is 5.81. The lowest BCUT2D eigenvalue weighted by Gasteiger charge is -2.29. The second-order valence-electron chi connectivity index (χ2n) is 6.47. The van der Waals surface area contributed by atoms with Crippen LogP contribution in [0.15, 0.2) is 24.3 Å². The molecule has 1 aromatic rings. The van der Waals surface area contributed by atoms with Gasteiger partial charge in [-0.2, -0.15) is 0 Å². The van der Waals surface area contributed by atoms with Gasteiger partial charge < -0.3 is 14.4 Å². The smallest absolute Gasteiger partial charge is 0.263 e. The first-order chi connectivity index (χ1) is 9.88. The molecule has 4 nitrogen and oxygen atoms in total. The maximum absolute atomic E-state index is 12.3. The molecule has 1 fully saturated rings. The van der Waals surface area contributed by atoms with E-state index in [1.807, 2.05) is 12.1 Å². The summed E-state index contributed by atoms with van der Waals surface area (Å²) in [6.45, 7) is 10.8. The number of ether oxygens (including phenoxy) is 2. The van der Waals surface area contributed by atoms with Gasteiger partial charge in [-0.15, -0.1) is 0 Å². The van der Waals surface area contributed by atoms with Crippen LogP contribution in [0.25, 0.3) is 0 Å². The third kappa shape index (κ3) is 4.21. The van der Waals surface area contributed by atoms with Gasteiger partial charge in [-0.1, -0.05) is 32.9 Å². The fourth-order valence-electron chi connectivity index (χ4n) is 2.33. The van der Waals surface area contributed by atoms with E-state index in [0.717, 1.165) is 5.75 Å². The molecule has 2 rings (SSSR count). The van der Waals surface area contributed by atoms with Gasteiger partial charge in [0.2, 0.25) is 0 Å². The predicted molar refractivity (Wildman–Crippen MR) is 82.6 cm³/mol. The molecule has 1 atom stereocenters. The largest absolute Gasteiger partial charge is 0.481 e. The van der Waals surface area contributed by atoms with Crippen LogP contribution in [-0.4, -0.2) is 43.2 Å². The minimum atomic E-state index is -0.469. The molecule has 1 aliphatic heterocycles. The van der Waals surface area contributed by atoms with Gasteiger partial charge in [0, 0.05) is 13.1 Å². The maximum atomic E-state index is 12.3. The first-order valence-corrected chi connectivity index (χ1v) is 7.51. The van der Waals surface area contributed by atoms with Crippen LogP contribution in [0.1, 0.15) is 33.3 Å². The minimum Gasteiger partial charge on any atom is -0.481 e. The zero-order valence-electron chi connectivity index (χ0n) is 13.4. The average molecular weight is 291 g/mol. The van der Waals surface area contributed by atoms with Crippen LogP contribution < -0.4 is 4.74 Å². The Kier molecular flexibility index (Phi) is 4.88. The SMILES string of the molecule is CC(Oc1ccc(C(C)(C)C)cc1)C(=O)N1CCOCC1. The first kappa shape index (κ1) is 15.8. The zero-order valence-corrected chi connectivity index (χ0v) is 13.4. The van der Waals surface area contributed by atoms with Crippen molar-refractivity contribution in [1.82, 2.24) is 4.90 Å². The number of carbonyl (C=O) groups is 1. The molecule has 1 saturated heterocycles. The van der Waals surface area contributed by atoms with Crippen LogP contribution in [0.2, 0.25) is 0 Å². The summed E-state index contributed by atoms with van der Waals surface area (Å²) in [6, 6.07) is 7.98. The molecule has 0 bridgehead atoms. The lowest BCUT2D eigenvalue weighted by atomic mass is 9.87. The van der Waals surface area contributed by atoms with Gasteiger partial charge in [0.25, 0.3) is 5.91 Å². The van der Waals surface area contributed by atoms with Crippen molar-refractivity contribution in [2.24, 2.45) is 0 Å². The molecule has 0 aromatic heterocycles. The Bertz CT molecular complexity index is 470. The Morgan fingerprint density at radius 3 is 2.29 bits per heavy atom. The van der Waals surface area contributed by atoms with Crippen molar-refractivity contribution in [3.63, 3.8) is 0 Å². The summed E-state index contributed by atoms with van der Waals surface area (Å²) in [5.41, 5.74) is 1.37. The first-order valence-electron chi connectivity index (χ1n) is 7.51. The van der Waals surface area contributed by atoms with E-state index in [0.29, 0.717) is 26.3 Å². The summed E-state index contributed by atoms with van der Waals surface area (Å²) >= 11 is 0. The van der Waals surface area contributed by atoms with Gasteiger partial charge in [0.1, 0.15) is 5.75 Å². The Morgan fingerprint density at radius 1 is 1.19 bits per heavy atom. The topological polar surface area (TPSA) is 38.8 Å². The third-order valence-corrected chi connectivity index (χ3v) is 3.70. The Morgan fingerprint density at radius 2 is 1.76 bits per heavy atom. The number of morpholine rings is 1. The Hall–Kier alpha value is -1.55. The molecule has 1 amide bonds. The number of hydrogen-bond acceptors (Lipinski definition) is 3. The summed E-state index contributed by atoms with van der Waals surface area (Å²) < 4.78 is 11.0. The third-order valence-electron chi connectivity index (χ3n) is 3.70. The Balaban J connectivity index is 1.95. The molecule has 1 aliphatic rings. The minimum absolute atomic E-state index is 0.0261. The van der Waals surface area contributed by atoms with E-state index in [2.05, 4.69) is 32.9 Å². The molecule has 1 aromatic carbocycles. The van der Waals surface area contributed by atoms with Crippen molar-refractivity contribution in [3.8, 4) is 5.75 Å². The highest BCUT2D eigenvalue weighted by Crippen LogP contribution is 2.24. The summed E-state index contributed by atoms with van der Waals surface area (Å²) in [5.74, 6) is 0.760. The fourth-order valence-corrected chi connectivity index (χ4v) is 2.33. The van der Waals surface area contributed by atoms with Crippen LogP contribution in [0, 0.1) is 0 Å². The van der Waals surface area contributed by atoms with Crippen LogP contribution in [0.4, 0.5) is 0 Å². The Labute approximate surface area is 127 Å². The van der Waals surface area contributed by atoms with Gasteiger partial charge in [-0.25, -0.2) is 0 Å². The molecule has 0 aliphatic carbocycles. The maximum Gasteiger partial charge on any atom is 0.263 e. The van der Waals surface area contributed by atoms with Crippen molar-refractivity contribution in [2.45, 2.75) is 39.2 Å². The molecule has 21 heavy (non-hydrogen) atoms. The van der Waals surface area contributed by atoms with Crippen LogP contribution in [0.3, 0.4) is 0 Å². The van der Waals surface area contributed by atoms with E-state index in [4.69, 9.17) is 9.47 Å². The highest BCUT2D eigenvalue weighted by Gasteiger charge is 2.23. The van der Waals surface area contributed by atoms with Gasteiger partial charge in [-0.05, 0) is 30.0 Å². The summed E-state index contributed by atoms with van der Waals surface area (Å²) in [7, 11) is 0. The number of rotatable bonds is 3. The molecule has 0 radical (unpaired) electrons. The fraction of sp³-hybridized carbons (Fsp3) is 0.588. The number of nitrogens with zero attached hydrogens (tertiary/aromatic N) is 1. The molecule has 1 heterocycles. The highest BCUT2D eigenvalue weighted by atomic mass is 16.5. The summed E-state index contributed by atoms with van der Waals surface area (Å²) in [4.78, 5) is 14.1. The second kappa shape index (κ2) is 6.48. The lowest BCUT2D eigenvalue weighted by Crippen LogP contribution is -2.46. The number of benzene rings is 1. The molecule has 1 unspecified atom stereocenters. The summed E-state index contributed by atoms with van der Waals surface area (Å²) in [5, 5.41) is 0. The summed E-state index contributed by atoms with van der Waals surface area (Å²) in [6.07, 6.45) is -0.469. The molecule has 116 valence electrons. The average Bonchev–Trinajstić information content (AvgIpc) is 2.47. The van der Waals surface area contributed by atoms with E-state index < -0.39 is 6.10 Å². The van der Waals surface area contributed by atoms with Crippen molar-refractivity contribution >= 4 is 5.91 Å². The normalized spacial score (nSPS) is 17.4. The zero-order chi connectivity index (χ0) is 15.5. The number of amides is 1. The van der Waals surface area contributed by atoms with Gasteiger partial charge in [0.05, 0.1) is 13.2 Å². The van der Waals surface area contributed by atoms with E-state index in [9.17, 15) is 4.79 Å². The van der Waals surface area contributed by atoms with E-state index >= 15 is 0 Å². The van der Waals surface area contributed by atoms with Crippen molar-refractivity contribution < 1.29 is 14.3 Å². The van der Waals surface area contributed by atoms with E-state index in [1.54, 1.807) is 11.8 Å². The molecule has 0 saturated carbocycles. The quantitative estimate of drug-likeness (QED) is 0.859. The second-order valence-corrected chi connectivity index (χ2v) is 6.47. The van der Waals surface area contributed by atoms with E-state index in [1.165, 1.54) is 5.56 Å². The van der Waals surface area contributed by atoms with Gasteiger partial charge in [-0.3, -0.25) is 4.79 Å². The monoisotopic (exact) mass is 291 g/mol. The standard InChI is InChI=1S/C17H25NO3/c1-13(16(19)18-9-11-20-12-10-18)21-15-7-5-14(6-8-15)17(2,3)4/h5-8,13H,9-12H2,1-4H3. The molecule has 0 N–H and O–H groups in total. The lowest BCUT2D eigenvalue weighted by molar-refractivity contribution is -0.142. The predicted octanol–water partition coefficient (Wildman–Crippen LogP) is 2.61. The van der Waals surface area contributed by atoms with Crippen LogP contribution in [0.5, 0.6) is 5.75 Å². The van der Waals surface area contributed by atoms with Crippen molar-refractivity contribution in [2.75, 3.05) is 26.3 Å². The molecular formula is C17H25NO3. The molecule has 0 spiro atoms. The van der Waals surface area contributed by atoms with E-state index in [-0.39, 0.29) is 11.3 Å². The van der Waals surface area contributed by atoms with Crippen LogP contribution in [-0.2, 0) is 14.9 Å². The van der Waals surface area contributed by atoms with Crippen molar-refractivity contribution in [3.05, 3.63) is 29.8 Å². The number of hydrogen-bond donors (Lipinski definition) is 0.